The first-order chi connectivity index (χ1) is 6.57. The lowest BCUT2D eigenvalue weighted by Gasteiger charge is -1.99. The van der Waals surface area contributed by atoms with Crippen molar-refractivity contribution in [1.82, 2.24) is 9.78 Å². The molecular weight excluding hydrogens is 216 g/mol. The molecule has 1 rings (SSSR count). The Balaban J connectivity index is 0.00000196. The molecule has 4 nitrogen and oxygen atoms in total. The topological polar surface area (TPSA) is 55.1 Å². The summed E-state index contributed by atoms with van der Waals surface area (Å²) in [5.74, 6) is 0. The van der Waals surface area contributed by atoms with Gasteiger partial charge in [-0.1, -0.05) is 13.3 Å². The van der Waals surface area contributed by atoms with E-state index in [2.05, 4.69) is 12.0 Å². The highest BCUT2D eigenvalue weighted by Crippen LogP contribution is 2.15. The van der Waals surface area contributed by atoms with E-state index in [9.17, 15) is 4.79 Å². The molecule has 0 aliphatic carbocycles. The number of nitrogens with zero attached hydrogens (tertiary/aromatic N) is 2. The summed E-state index contributed by atoms with van der Waals surface area (Å²) >= 11 is 0. The van der Waals surface area contributed by atoms with Crippen LogP contribution < -0.4 is 0 Å². The molecule has 0 aliphatic heterocycles. The van der Waals surface area contributed by atoms with Crippen molar-refractivity contribution in [3.05, 3.63) is 17.0 Å². The van der Waals surface area contributed by atoms with Gasteiger partial charge in [0.15, 0.2) is 0 Å². The van der Waals surface area contributed by atoms with Gasteiger partial charge in [0.25, 0.3) is 0 Å². The molecule has 0 radical (unpaired) electrons. The summed E-state index contributed by atoms with van der Waals surface area (Å²) in [7, 11) is 0. The zero-order chi connectivity index (χ0) is 10.7. The fourth-order valence-electron chi connectivity index (χ4n) is 1.58. The van der Waals surface area contributed by atoms with Crippen molar-refractivity contribution in [1.29, 1.82) is 0 Å². The number of carboxylic acid groups (broad SMARTS) is 1. The van der Waals surface area contributed by atoms with Gasteiger partial charge in [0.05, 0.1) is 11.4 Å². The molecular formula is C10H17ClN2O2. The average molecular weight is 233 g/mol. The molecule has 1 heterocycles. The zero-order valence-electron chi connectivity index (χ0n) is 9.28. The van der Waals surface area contributed by atoms with Crippen LogP contribution in [-0.2, 0) is 6.42 Å². The Kier molecular flexibility index (Phi) is 5.36. The average Bonchev–Trinajstić information content (AvgIpc) is 2.40. The van der Waals surface area contributed by atoms with Gasteiger partial charge in [-0.15, -0.1) is 12.4 Å². The lowest BCUT2D eigenvalue weighted by molar-refractivity contribution is 0.192. The van der Waals surface area contributed by atoms with E-state index in [0.717, 1.165) is 40.9 Å². The molecule has 1 aromatic rings. The number of hydrogen-bond acceptors (Lipinski definition) is 2. The van der Waals surface area contributed by atoms with E-state index in [0.29, 0.717) is 0 Å². The lowest BCUT2D eigenvalue weighted by Crippen LogP contribution is -2.11. The highest BCUT2D eigenvalue weighted by atomic mass is 35.5. The number of unbranched alkanes of at least 4 members (excludes halogenated alkanes) is 1. The lowest BCUT2D eigenvalue weighted by atomic mass is 10.1. The second-order valence-electron chi connectivity index (χ2n) is 3.45. The minimum absolute atomic E-state index is 0. The zero-order valence-corrected chi connectivity index (χ0v) is 10.1. The summed E-state index contributed by atoms with van der Waals surface area (Å²) in [6, 6.07) is 0. The van der Waals surface area contributed by atoms with Crippen molar-refractivity contribution in [2.45, 2.75) is 40.0 Å². The Morgan fingerprint density at radius 1 is 1.47 bits per heavy atom. The summed E-state index contributed by atoms with van der Waals surface area (Å²) in [4.78, 5) is 10.8. The maximum atomic E-state index is 10.8. The predicted octanol–water partition coefficient (Wildman–Crippen LogP) is 2.79. The Morgan fingerprint density at radius 2 is 2.07 bits per heavy atom. The normalized spacial score (nSPS) is 9.80. The molecule has 0 saturated carbocycles. The van der Waals surface area contributed by atoms with Crippen LogP contribution in [0.15, 0.2) is 0 Å². The molecule has 5 heteroatoms. The van der Waals surface area contributed by atoms with E-state index in [4.69, 9.17) is 5.11 Å². The van der Waals surface area contributed by atoms with Crippen molar-refractivity contribution in [2.75, 3.05) is 0 Å². The second kappa shape index (κ2) is 5.75. The molecule has 1 aromatic heterocycles. The van der Waals surface area contributed by atoms with Gasteiger partial charge < -0.3 is 5.11 Å². The van der Waals surface area contributed by atoms with E-state index in [-0.39, 0.29) is 12.4 Å². The summed E-state index contributed by atoms with van der Waals surface area (Å²) in [5, 5.41) is 12.8. The van der Waals surface area contributed by atoms with Gasteiger partial charge in [0, 0.05) is 0 Å². The van der Waals surface area contributed by atoms with Crippen LogP contribution in [0.5, 0.6) is 0 Å². The standard InChI is InChI=1S/C10H16N2O2.ClH/c1-4-5-6-9-7(2)11-12(8(9)3)10(13)14;/h4-6H2,1-3H3,(H,13,14);1H. The maximum absolute atomic E-state index is 10.8. The van der Waals surface area contributed by atoms with Crippen LogP contribution >= 0.6 is 12.4 Å². The molecule has 0 atom stereocenters. The Labute approximate surface area is 95.7 Å². The van der Waals surface area contributed by atoms with Gasteiger partial charge >= 0.3 is 6.09 Å². The first-order valence-electron chi connectivity index (χ1n) is 4.86. The van der Waals surface area contributed by atoms with Crippen LogP contribution in [0.4, 0.5) is 4.79 Å². The summed E-state index contributed by atoms with van der Waals surface area (Å²) in [6.45, 7) is 5.78. The van der Waals surface area contributed by atoms with E-state index in [1.165, 1.54) is 0 Å². The third kappa shape index (κ3) is 2.96. The van der Waals surface area contributed by atoms with Crippen molar-refractivity contribution in [2.24, 2.45) is 0 Å². The van der Waals surface area contributed by atoms with Crippen molar-refractivity contribution in [3.63, 3.8) is 0 Å². The van der Waals surface area contributed by atoms with Gasteiger partial charge in [-0.25, -0.2) is 4.79 Å². The summed E-state index contributed by atoms with van der Waals surface area (Å²) < 4.78 is 1.06. The molecule has 0 aliphatic rings. The van der Waals surface area contributed by atoms with Gasteiger partial charge in [-0.05, 0) is 32.3 Å². The minimum Gasteiger partial charge on any atom is -0.463 e. The van der Waals surface area contributed by atoms with Crippen LogP contribution in [0.25, 0.3) is 0 Å². The number of halogens is 1. The van der Waals surface area contributed by atoms with E-state index in [1.807, 2.05) is 6.92 Å². The summed E-state index contributed by atoms with van der Waals surface area (Å²) in [6.07, 6.45) is 2.10. The van der Waals surface area contributed by atoms with Gasteiger partial charge in [-0.3, -0.25) is 0 Å². The van der Waals surface area contributed by atoms with Crippen LogP contribution in [-0.4, -0.2) is 21.0 Å². The van der Waals surface area contributed by atoms with Crippen LogP contribution in [0.1, 0.15) is 36.7 Å². The monoisotopic (exact) mass is 232 g/mol. The smallest absolute Gasteiger partial charge is 0.432 e. The van der Waals surface area contributed by atoms with Gasteiger partial charge in [-0.2, -0.15) is 9.78 Å². The third-order valence-corrected chi connectivity index (χ3v) is 2.40. The van der Waals surface area contributed by atoms with Gasteiger partial charge in [0.2, 0.25) is 0 Å². The Morgan fingerprint density at radius 3 is 2.47 bits per heavy atom. The maximum Gasteiger partial charge on any atom is 0.432 e. The Bertz CT molecular complexity index is 347. The molecule has 0 amide bonds. The van der Waals surface area contributed by atoms with E-state index in [1.54, 1.807) is 6.92 Å². The fraction of sp³-hybridized carbons (Fsp3) is 0.600. The summed E-state index contributed by atoms with van der Waals surface area (Å²) in [5.41, 5.74) is 2.66. The molecule has 86 valence electrons. The first-order valence-corrected chi connectivity index (χ1v) is 4.86. The molecule has 1 N–H and O–H groups in total. The minimum atomic E-state index is -1.01. The third-order valence-electron chi connectivity index (χ3n) is 2.40. The highest BCUT2D eigenvalue weighted by Gasteiger charge is 2.14. The fourth-order valence-corrected chi connectivity index (χ4v) is 1.58. The van der Waals surface area contributed by atoms with Crippen molar-refractivity contribution < 1.29 is 9.90 Å². The number of aryl methyl sites for hydroxylation is 1. The number of aromatic nitrogens is 2. The second-order valence-corrected chi connectivity index (χ2v) is 3.45. The first kappa shape index (κ1) is 14.0. The predicted molar refractivity (Wildman–Crippen MR) is 61.0 cm³/mol. The molecule has 0 fully saturated rings. The SMILES string of the molecule is CCCCc1c(C)nn(C(=O)O)c1C.Cl. The number of hydrogen-bond donors (Lipinski definition) is 1. The molecule has 0 bridgehead atoms. The van der Waals surface area contributed by atoms with Gasteiger partial charge in [0.1, 0.15) is 0 Å². The molecule has 0 saturated heterocycles. The van der Waals surface area contributed by atoms with Crippen LogP contribution in [0.2, 0.25) is 0 Å². The van der Waals surface area contributed by atoms with E-state index < -0.39 is 6.09 Å². The van der Waals surface area contributed by atoms with Crippen molar-refractivity contribution in [3.8, 4) is 0 Å². The van der Waals surface area contributed by atoms with Crippen LogP contribution in [0, 0.1) is 13.8 Å². The highest BCUT2D eigenvalue weighted by molar-refractivity contribution is 5.85. The largest absolute Gasteiger partial charge is 0.463 e. The van der Waals surface area contributed by atoms with Crippen LogP contribution in [0.3, 0.4) is 0 Å². The molecule has 0 aromatic carbocycles. The molecule has 15 heavy (non-hydrogen) atoms. The Hall–Kier alpha value is -1.03. The quantitative estimate of drug-likeness (QED) is 0.872. The van der Waals surface area contributed by atoms with Crippen molar-refractivity contribution >= 4 is 18.5 Å². The number of rotatable bonds is 3. The van der Waals surface area contributed by atoms with E-state index >= 15 is 0 Å². The molecule has 0 spiro atoms. The molecule has 0 unspecified atom stereocenters. The number of carbonyl (C=O) groups is 1.